The average Bonchev–Trinajstić information content (AvgIpc) is 2.53. The van der Waals surface area contributed by atoms with E-state index in [4.69, 9.17) is 5.11 Å². The number of sulfonamides is 1. The van der Waals surface area contributed by atoms with E-state index in [0.29, 0.717) is 16.8 Å². The standard InChI is InChI=1S/C18H20N2O5S/c1-18(2,3)20-26(24,25)15-7-5-4-6-14(15)12-8-10-13(11-9-12)19-16(21)17(22)23/h4-11,20H,1-3H3,(H,19,21)(H,22,23). The van der Waals surface area contributed by atoms with E-state index in [-0.39, 0.29) is 4.90 Å². The number of carbonyl (C=O) groups is 2. The molecule has 3 N–H and O–H groups in total. The van der Waals surface area contributed by atoms with Gasteiger partial charge in [0, 0.05) is 16.8 Å². The Hall–Kier alpha value is -2.71. The van der Waals surface area contributed by atoms with Crippen LogP contribution in [-0.4, -0.2) is 30.9 Å². The van der Waals surface area contributed by atoms with Gasteiger partial charge in [-0.05, 0) is 44.5 Å². The summed E-state index contributed by atoms with van der Waals surface area (Å²) in [5.41, 5.74) is 0.791. The van der Waals surface area contributed by atoms with Gasteiger partial charge in [-0.2, -0.15) is 0 Å². The Balaban J connectivity index is 2.39. The third kappa shape index (κ3) is 4.90. The van der Waals surface area contributed by atoms with E-state index in [1.54, 1.807) is 51.1 Å². The fraction of sp³-hybridized carbons (Fsp3) is 0.222. The van der Waals surface area contributed by atoms with Crippen LogP contribution in [0.1, 0.15) is 20.8 Å². The van der Waals surface area contributed by atoms with Crippen molar-refractivity contribution >= 4 is 27.6 Å². The lowest BCUT2D eigenvalue weighted by atomic mass is 10.1. The van der Waals surface area contributed by atoms with Gasteiger partial charge in [0.05, 0.1) is 4.90 Å². The summed E-state index contributed by atoms with van der Waals surface area (Å²) in [6.07, 6.45) is 0. The van der Waals surface area contributed by atoms with E-state index in [0.717, 1.165) is 0 Å². The Bertz CT molecular complexity index is 929. The molecule has 2 rings (SSSR count). The largest absolute Gasteiger partial charge is 0.474 e. The fourth-order valence-electron chi connectivity index (χ4n) is 2.32. The van der Waals surface area contributed by atoms with Crippen molar-refractivity contribution in [1.29, 1.82) is 0 Å². The van der Waals surface area contributed by atoms with E-state index in [9.17, 15) is 18.0 Å². The molecular formula is C18H20N2O5S. The second-order valence-electron chi connectivity index (χ2n) is 6.69. The smallest absolute Gasteiger partial charge is 0.394 e. The number of benzene rings is 2. The lowest BCUT2D eigenvalue weighted by Gasteiger charge is -2.21. The molecule has 0 heterocycles. The summed E-state index contributed by atoms with van der Waals surface area (Å²) >= 11 is 0. The molecule has 0 saturated carbocycles. The minimum Gasteiger partial charge on any atom is -0.474 e. The van der Waals surface area contributed by atoms with Crippen LogP contribution in [0.5, 0.6) is 0 Å². The van der Waals surface area contributed by atoms with Crippen LogP contribution in [0.25, 0.3) is 11.1 Å². The number of anilines is 1. The molecule has 0 fully saturated rings. The van der Waals surface area contributed by atoms with Crippen molar-refractivity contribution in [3.8, 4) is 11.1 Å². The van der Waals surface area contributed by atoms with Gasteiger partial charge in [0.1, 0.15) is 0 Å². The Morgan fingerprint density at radius 3 is 2.08 bits per heavy atom. The van der Waals surface area contributed by atoms with Crippen LogP contribution in [0.15, 0.2) is 53.4 Å². The van der Waals surface area contributed by atoms with Gasteiger partial charge >= 0.3 is 11.9 Å². The quantitative estimate of drug-likeness (QED) is 0.710. The maximum absolute atomic E-state index is 12.7. The molecule has 2 aromatic rings. The zero-order valence-corrected chi connectivity index (χ0v) is 15.4. The van der Waals surface area contributed by atoms with Crippen LogP contribution in [0.4, 0.5) is 5.69 Å². The summed E-state index contributed by atoms with van der Waals surface area (Å²) in [7, 11) is -3.73. The molecule has 26 heavy (non-hydrogen) atoms. The minimum absolute atomic E-state index is 0.136. The maximum atomic E-state index is 12.7. The maximum Gasteiger partial charge on any atom is 0.394 e. The van der Waals surface area contributed by atoms with E-state index in [1.165, 1.54) is 18.2 Å². The molecular weight excluding hydrogens is 356 g/mol. The lowest BCUT2D eigenvalue weighted by Crippen LogP contribution is -2.40. The van der Waals surface area contributed by atoms with Gasteiger partial charge in [-0.3, -0.25) is 4.79 Å². The highest BCUT2D eigenvalue weighted by Crippen LogP contribution is 2.29. The van der Waals surface area contributed by atoms with Gasteiger partial charge in [0.25, 0.3) is 0 Å². The minimum atomic E-state index is -3.73. The third-order valence-electron chi connectivity index (χ3n) is 3.27. The van der Waals surface area contributed by atoms with Crippen LogP contribution in [0, 0.1) is 0 Å². The van der Waals surface area contributed by atoms with Crippen molar-refractivity contribution in [2.45, 2.75) is 31.2 Å². The van der Waals surface area contributed by atoms with Crippen molar-refractivity contribution in [1.82, 2.24) is 4.72 Å². The molecule has 0 aliphatic rings. The Morgan fingerprint density at radius 1 is 0.962 bits per heavy atom. The third-order valence-corrected chi connectivity index (χ3v) is 5.08. The van der Waals surface area contributed by atoms with E-state index >= 15 is 0 Å². The molecule has 0 aromatic heterocycles. The first-order chi connectivity index (χ1) is 12.0. The van der Waals surface area contributed by atoms with Gasteiger partial charge in [0.15, 0.2) is 0 Å². The molecule has 8 heteroatoms. The highest BCUT2D eigenvalue weighted by Gasteiger charge is 2.24. The highest BCUT2D eigenvalue weighted by molar-refractivity contribution is 7.89. The van der Waals surface area contributed by atoms with Gasteiger partial charge in [-0.15, -0.1) is 0 Å². The van der Waals surface area contributed by atoms with Crippen molar-refractivity contribution in [2.75, 3.05) is 5.32 Å². The zero-order valence-electron chi connectivity index (χ0n) is 14.6. The molecule has 0 atom stereocenters. The molecule has 0 spiro atoms. The number of carboxylic acids is 1. The monoisotopic (exact) mass is 376 g/mol. The Kier molecular flexibility index (Phi) is 5.48. The second kappa shape index (κ2) is 7.27. The first kappa shape index (κ1) is 19.6. The van der Waals surface area contributed by atoms with Crippen LogP contribution in [0.2, 0.25) is 0 Å². The van der Waals surface area contributed by atoms with Crippen molar-refractivity contribution in [3.63, 3.8) is 0 Å². The number of amides is 1. The molecule has 0 bridgehead atoms. The number of rotatable bonds is 4. The number of hydrogen-bond acceptors (Lipinski definition) is 4. The molecule has 2 aromatic carbocycles. The SMILES string of the molecule is CC(C)(C)NS(=O)(=O)c1ccccc1-c1ccc(NC(=O)C(=O)O)cc1. The lowest BCUT2D eigenvalue weighted by molar-refractivity contribution is -0.147. The van der Waals surface area contributed by atoms with Crippen LogP contribution in [-0.2, 0) is 19.6 Å². The van der Waals surface area contributed by atoms with Crippen LogP contribution >= 0.6 is 0 Å². The molecule has 0 aliphatic heterocycles. The van der Waals surface area contributed by atoms with Crippen LogP contribution < -0.4 is 10.0 Å². The molecule has 0 saturated heterocycles. The Morgan fingerprint density at radius 2 is 1.54 bits per heavy atom. The summed E-state index contributed by atoms with van der Waals surface area (Å²) in [6, 6.07) is 12.8. The first-order valence-electron chi connectivity index (χ1n) is 7.77. The molecule has 0 unspecified atom stereocenters. The van der Waals surface area contributed by atoms with Gasteiger partial charge < -0.3 is 10.4 Å². The van der Waals surface area contributed by atoms with Crippen LogP contribution in [0.3, 0.4) is 0 Å². The number of carbonyl (C=O) groups excluding carboxylic acids is 1. The summed E-state index contributed by atoms with van der Waals surface area (Å²) in [5, 5.41) is 10.8. The second-order valence-corrected chi connectivity index (χ2v) is 8.34. The van der Waals surface area contributed by atoms with E-state index in [2.05, 4.69) is 10.0 Å². The summed E-state index contributed by atoms with van der Waals surface area (Å²) in [6.45, 7) is 5.27. The Labute approximate surface area is 152 Å². The zero-order chi connectivity index (χ0) is 19.5. The number of nitrogens with one attached hydrogen (secondary N) is 2. The predicted molar refractivity (Wildman–Crippen MR) is 98.2 cm³/mol. The van der Waals surface area contributed by atoms with Crippen molar-refractivity contribution in [3.05, 3.63) is 48.5 Å². The molecule has 7 nitrogen and oxygen atoms in total. The number of aliphatic carboxylic acids is 1. The van der Waals surface area contributed by atoms with Gasteiger partial charge in [0.2, 0.25) is 10.0 Å². The van der Waals surface area contributed by atoms with E-state index in [1.807, 2.05) is 0 Å². The average molecular weight is 376 g/mol. The summed E-state index contributed by atoms with van der Waals surface area (Å²) < 4.78 is 28.0. The summed E-state index contributed by atoms with van der Waals surface area (Å²) in [4.78, 5) is 21.9. The number of hydrogen-bond donors (Lipinski definition) is 3. The van der Waals surface area contributed by atoms with Crippen molar-refractivity contribution in [2.24, 2.45) is 0 Å². The predicted octanol–water partition coefficient (Wildman–Crippen LogP) is 2.45. The normalized spacial score (nSPS) is 11.8. The number of carboxylic acid groups (broad SMARTS) is 1. The molecule has 138 valence electrons. The van der Waals surface area contributed by atoms with Gasteiger partial charge in [-0.25, -0.2) is 17.9 Å². The fourth-order valence-corrected chi connectivity index (χ4v) is 3.96. The molecule has 0 radical (unpaired) electrons. The topological polar surface area (TPSA) is 113 Å². The van der Waals surface area contributed by atoms with E-state index < -0.39 is 27.4 Å². The molecule has 1 amide bonds. The summed E-state index contributed by atoms with van der Waals surface area (Å²) in [5.74, 6) is -2.73. The molecule has 0 aliphatic carbocycles. The van der Waals surface area contributed by atoms with Crippen molar-refractivity contribution < 1.29 is 23.1 Å². The first-order valence-corrected chi connectivity index (χ1v) is 9.26. The highest BCUT2D eigenvalue weighted by atomic mass is 32.2. The van der Waals surface area contributed by atoms with Gasteiger partial charge in [-0.1, -0.05) is 30.3 Å².